The molecule has 1 heterocycles. The first-order chi connectivity index (χ1) is 24.6. The van der Waals surface area contributed by atoms with Gasteiger partial charge in [0.2, 0.25) is 11.8 Å². The SMILES string of the molecule is COC(=O)C1(NC(=O)OC(C)(C)C)CCN(C(=O)[C@@H](CCCCNC(=O)OC(C)(C)C)CC(=O)[C@@H](CC(C)C)NC(=O)[C@H](N)Cc2ccccc2)CC1. The number of likely N-dealkylation sites (tertiary alicyclic amines) is 1. The quantitative estimate of drug-likeness (QED) is 0.101. The van der Waals surface area contributed by atoms with Crippen molar-refractivity contribution in [2.24, 2.45) is 17.6 Å². The van der Waals surface area contributed by atoms with E-state index in [1.165, 1.54) is 7.11 Å². The number of nitrogens with two attached hydrogens (primary N) is 1. The third-order valence-electron chi connectivity index (χ3n) is 8.74. The molecular weight excluding hydrogens is 682 g/mol. The van der Waals surface area contributed by atoms with E-state index in [4.69, 9.17) is 19.9 Å². The van der Waals surface area contributed by atoms with Crippen LogP contribution >= 0.6 is 0 Å². The molecule has 14 nitrogen and oxygen atoms in total. The van der Waals surface area contributed by atoms with Crippen LogP contribution in [0.2, 0.25) is 0 Å². The van der Waals surface area contributed by atoms with E-state index >= 15 is 0 Å². The fourth-order valence-electron chi connectivity index (χ4n) is 6.14. The van der Waals surface area contributed by atoms with E-state index in [1.807, 2.05) is 44.2 Å². The fourth-order valence-corrected chi connectivity index (χ4v) is 6.14. The number of amides is 4. The lowest BCUT2D eigenvalue weighted by Gasteiger charge is -2.41. The molecule has 0 radical (unpaired) electrons. The molecule has 1 saturated heterocycles. The first-order valence-electron chi connectivity index (χ1n) is 18.6. The van der Waals surface area contributed by atoms with E-state index in [2.05, 4.69) is 16.0 Å². The Morgan fingerprint density at radius 3 is 2.02 bits per heavy atom. The molecule has 298 valence electrons. The average Bonchev–Trinajstić information content (AvgIpc) is 3.05. The van der Waals surface area contributed by atoms with Crippen LogP contribution in [0.3, 0.4) is 0 Å². The number of rotatable bonds is 17. The standard InChI is InChI=1S/C39H63N5O9/c1-26(2)23-30(42-32(46)29(40)24-27-15-11-10-12-16-27)31(45)25-28(17-13-14-20-41-35(49)52-37(3,4)5)33(47)44-21-18-39(19-22-44,34(48)51-9)43-36(50)53-38(6,7)8/h10-12,15-16,26,28-30H,13-14,17-25,40H2,1-9H3,(H,41,49)(H,42,46)(H,43,50)/t28-,29+,30+/m0/s1. The van der Waals surface area contributed by atoms with Crippen molar-refractivity contribution in [2.75, 3.05) is 26.7 Å². The van der Waals surface area contributed by atoms with Crippen LogP contribution in [0.4, 0.5) is 9.59 Å². The Hall–Kier alpha value is -4.20. The van der Waals surface area contributed by atoms with Crippen molar-refractivity contribution in [3.8, 4) is 0 Å². The molecule has 0 unspecified atom stereocenters. The minimum Gasteiger partial charge on any atom is -0.467 e. The second-order valence-electron chi connectivity index (χ2n) is 16.3. The number of methoxy groups -OCH3 is 1. The molecular formula is C39H63N5O9. The summed E-state index contributed by atoms with van der Waals surface area (Å²) in [5, 5.41) is 8.26. The first-order valence-corrected chi connectivity index (χ1v) is 18.6. The number of nitrogens with one attached hydrogen (secondary N) is 3. The van der Waals surface area contributed by atoms with Crippen molar-refractivity contribution in [3.05, 3.63) is 35.9 Å². The Kier molecular flexibility index (Phi) is 17.2. The molecule has 3 atom stereocenters. The maximum absolute atomic E-state index is 14.1. The van der Waals surface area contributed by atoms with Crippen molar-refractivity contribution < 1.29 is 43.0 Å². The predicted octanol–water partition coefficient (Wildman–Crippen LogP) is 4.42. The van der Waals surface area contributed by atoms with Crippen LogP contribution in [-0.4, -0.2) is 96.2 Å². The Balaban J connectivity index is 2.21. The lowest BCUT2D eigenvalue weighted by Crippen LogP contribution is -2.62. The largest absolute Gasteiger partial charge is 0.467 e. The number of ketones is 1. The lowest BCUT2D eigenvalue weighted by molar-refractivity contribution is -0.153. The zero-order valence-corrected chi connectivity index (χ0v) is 33.2. The zero-order chi connectivity index (χ0) is 40.0. The van der Waals surface area contributed by atoms with Crippen LogP contribution in [0.15, 0.2) is 30.3 Å². The Bertz CT molecular complexity index is 1380. The molecule has 0 aromatic heterocycles. The average molecular weight is 746 g/mol. The minimum atomic E-state index is -1.39. The van der Waals surface area contributed by atoms with E-state index in [0.29, 0.717) is 38.6 Å². The second-order valence-corrected chi connectivity index (χ2v) is 16.3. The Morgan fingerprint density at radius 2 is 1.47 bits per heavy atom. The summed E-state index contributed by atoms with van der Waals surface area (Å²) in [6.45, 7) is 14.9. The van der Waals surface area contributed by atoms with E-state index < -0.39 is 58.8 Å². The molecule has 1 fully saturated rings. The third-order valence-corrected chi connectivity index (χ3v) is 8.74. The number of alkyl carbamates (subject to hydrolysis) is 2. The van der Waals surface area contributed by atoms with Gasteiger partial charge in [-0.05, 0) is 91.5 Å². The molecule has 2 rings (SSSR count). The number of piperidine rings is 1. The molecule has 53 heavy (non-hydrogen) atoms. The first kappa shape index (κ1) is 45.0. The van der Waals surface area contributed by atoms with Crippen LogP contribution in [0.25, 0.3) is 0 Å². The summed E-state index contributed by atoms with van der Waals surface area (Å²) in [5.41, 5.74) is 4.32. The van der Waals surface area contributed by atoms with E-state index in [1.54, 1.807) is 46.4 Å². The molecule has 0 bridgehead atoms. The Morgan fingerprint density at radius 1 is 0.887 bits per heavy atom. The summed E-state index contributed by atoms with van der Waals surface area (Å²) < 4.78 is 15.7. The number of Topliss-reactive ketones (excluding diaryl/α,β-unsaturated/α-hetero) is 1. The normalized spacial score (nSPS) is 16.1. The van der Waals surface area contributed by atoms with E-state index in [0.717, 1.165) is 5.56 Å². The summed E-state index contributed by atoms with van der Waals surface area (Å²) in [4.78, 5) is 80.7. The van der Waals surface area contributed by atoms with Crippen molar-refractivity contribution >= 4 is 35.8 Å². The van der Waals surface area contributed by atoms with Crippen molar-refractivity contribution in [1.29, 1.82) is 0 Å². The van der Waals surface area contributed by atoms with Gasteiger partial charge >= 0.3 is 18.2 Å². The van der Waals surface area contributed by atoms with Crippen molar-refractivity contribution in [2.45, 2.75) is 136 Å². The molecule has 0 spiro atoms. The Labute approximate surface area is 315 Å². The van der Waals surface area contributed by atoms with Crippen molar-refractivity contribution in [1.82, 2.24) is 20.9 Å². The maximum Gasteiger partial charge on any atom is 0.408 e. The summed E-state index contributed by atoms with van der Waals surface area (Å²) in [7, 11) is 1.23. The number of unbranched alkanes of at least 4 members (excludes halogenated alkanes) is 1. The molecule has 0 saturated carbocycles. The highest BCUT2D eigenvalue weighted by atomic mass is 16.6. The highest BCUT2D eigenvalue weighted by Gasteiger charge is 2.46. The summed E-state index contributed by atoms with van der Waals surface area (Å²) >= 11 is 0. The zero-order valence-electron chi connectivity index (χ0n) is 33.2. The van der Waals surface area contributed by atoms with Gasteiger partial charge in [0.1, 0.15) is 16.7 Å². The molecule has 5 N–H and O–H groups in total. The predicted molar refractivity (Wildman–Crippen MR) is 201 cm³/mol. The van der Waals surface area contributed by atoms with Crippen LogP contribution < -0.4 is 21.7 Å². The van der Waals surface area contributed by atoms with Crippen molar-refractivity contribution in [3.63, 3.8) is 0 Å². The number of carbonyl (C=O) groups excluding carboxylic acids is 6. The molecule has 1 aliphatic rings. The molecule has 1 aromatic carbocycles. The van der Waals surface area contributed by atoms with Gasteiger partial charge in [0, 0.05) is 32.0 Å². The highest BCUT2D eigenvalue weighted by molar-refractivity contribution is 5.94. The second kappa shape index (κ2) is 20.3. The molecule has 1 aliphatic heterocycles. The number of ether oxygens (including phenoxy) is 3. The van der Waals surface area contributed by atoms with Crippen LogP contribution in [0.5, 0.6) is 0 Å². The molecule has 0 aliphatic carbocycles. The number of hydrogen-bond acceptors (Lipinski definition) is 10. The van der Waals surface area contributed by atoms with Crippen LogP contribution in [0.1, 0.15) is 106 Å². The summed E-state index contributed by atoms with van der Waals surface area (Å²) in [6, 6.07) is 7.66. The van der Waals surface area contributed by atoms with Gasteiger partial charge in [-0.1, -0.05) is 50.6 Å². The van der Waals surface area contributed by atoms with E-state index in [-0.39, 0.29) is 50.0 Å². The smallest absolute Gasteiger partial charge is 0.408 e. The van der Waals surface area contributed by atoms with Crippen LogP contribution in [0, 0.1) is 11.8 Å². The van der Waals surface area contributed by atoms with Gasteiger partial charge in [0.05, 0.1) is 19.2 Å². The minimum absolute atomic E-state index is 0.0636. The van der Waals surface area contributed by atoms with E-state index in [9.17, 15) is 28.8 Å². The third kappa shape index (κ3) is 16.1. The van der Waals surface area contributed by atoms with Gasteiger partial charge in [0.15, 0.2) is 5.78 Å². The maximum atomic E-state index is 14.1. The molecule has 1 aromatic rings. The van der Waals surface area contributed by atoms with Gasteiger partial charge < -0.3 is 40.8 Å². The molecule has 14 heteroatoms. The number of nitrogens with zero attached hydrogens (tertiary/aromatic N) is 1. The van der Waals surface area contributed by atoms with Crippen LogP contribution in [-0.2, 0) is 39.8 Å². The van der Waals surface area contributed by atoms with Gasteiger partial charge in [-0.2, -0.15) is 0 Å². The fraction of sp³-hybridized carbons (Fsp3) is 0.692. The summed E-state index contributed by atoms with van der Waals surface area (Å²) in [5.74, 6) is -2.32. The topological polar surface area (TPSA) is 195 Å². The number of esters is 1. The number of hydrogen-bond donors (Lipinski definition) is 4. The summed E-state index contributed by atoms with van der Waals surface area (Å²) in [6.07, 6.45) is 0.778. The van der Waals surface area contributed by atoms with Gasteiger partial charge in [-0.25, -0.2) is 14.4 Å². The van der Waals surface area contributed by atoms with Gasteiger partial charge in [0.25, 0.3) is 0 Å². The van der Waals surface area contributed by atoms with Gasteiger partial charge in [-0.3, -0.25) is 14.4 Å². The van der Waals surface area contributed by atoms with Gasteiger partial charge in [-0.15, -0.1) is 0 Å². The molecule has 4 amide bonds. The number of carbonyl (C=O) groups is 6. The lowest BCUT2D eigenvalue weighted by atomic mass is 9.85. The highest BCUT2D eigenvalue weighted by Crippen LogP contribution is 2.28. The number of benzene rings is 1. The monoisotopic (exact) mass is 745 g/mol.